The summed E-state index contributed by atoms with van der Waals surface area (Å²) in [5, 5.41) is 4.90. The Kier molecular flexibility index (Phi) is 8.66. The molecule has 5 rings (SSSR count). The van der Waals surface area contributed by atoms with Gasteiger partial charge in [-0.15, -0.1) is 0 Å². The molecule has 11 heteroatoms. The van der Waals surface area contributed by atoms with Crippen LogP contribution in [0.2, 0.25) is 0 Å². The highest BCUT2D eigenvalue weighted by atomic mass is 19.4. The Hall–Kier alpha value is -5.58. The Labute approximate surface area is 250 Å². The normalized spacial score (nSPS) is 11.5. The first-order valence-corrected chi connectivity index (χ1v) is 13.4. The van der Waals surface area contributed by atoms with Gasteiger partial charge in [-0.3, -0.25) is 4.79 Å². The minimum absolute atomic E-state index is 0.00923. The molecule has 0 aliphatic rings. The van der Waals surface area contributed by atoms with E-state index in [1.165, 1.54) is 24.4 Å². The minimum Gasteiger partial charge on any atom is -0.495 e. The number of rotatable bonds is 9. The van der Waals surface area contributed by atoms with Gasteiger partial charge < -0.3 is 19.2 Å². The van der Waals surface area contributed by atoms with E-state index in [9.17, 15) is 22.8 Å². The molecule has 0 unspecified atom stereocenters. The number of amides is 1. The first-order chi connectivity index (χ1) is 21.2. The molecule has 4 aromatic carbocycles. The van der Waals surface area contributed by atoms with Crippen molar-refractivity contribution in [3.8, 4) is 28.4 Å². The fraction of sp³-hybridized carbons (Fsp3) is 0.121. The molecule has 0 atom stereocenters. The average molecular weight is 602 g/mol. The summed E-state index contributed by atoms with van der Waals surface area (Å²) < 4.78 is 55.6. The second-order valence-electron chi connectivity index (χ2n) is 9.43. The molecule has 44 heavy (non-hydrogen) atoms. The molecule has 224 valence electrons. The Balaban J connectivity index is 1.36. The standard InChI is InChI=1S/C33H26F3N3O5/c1-3-43-27-17-20(15-16-25(27)44-32(41)22-11-7-12-23(18-22)33(34,35)36)19-37-39-31(40)30-28(21-9-5-4-6-10-21)24-13-8-14-26(42-2)29(24)38-30/h4-19,38H,3H2,1-2H3,(H,39,40). The van der Waals surface area contributed by atoms with Gasteiger partial charge in [-0.1, -0.05) is 48.5 Å². The molecule has 0 bridgehead atoms. The molecule has 1 aromatic heterocycles. The summed E-state index contributed by atoms with van der Waals surface area (Å²) in [6.45, 7) is 1.94. The highest BCUT2D eigenvalue weighted by molar-refractivity contribution is 6.11. The van der Waals surface area contributed by atoms with Gasteiger partial charge in [0.2, 0.25) is 0 Å². The van der Waals surface area contributed by atoms with Crippen molar-refractivity contribution in [2.45, 2.75) is 13.1 Å². The summed E-state index contributed by atoms with van der Waals surface area (Å²) in [6.07, 6.45) is -3.22. The molecule has 0 radical (unpaired) electrons. The highest BCUT2D eigenvalue weighted by Crippen LogP contribution is 2.36. The Morgan fingerprint density at radius 3 is 2.41 bits per heavy atom. The molecule has 0 fully saturated rings. The van der Waals surface area contributed by atoms with Crippen LogP contribution in [0.3, 0.4) is 0 Å². The molecule has 1 heterocycles. The first kappa shape index (κ1) is 29.9. The van der Waals surface area contributed by atoms with E-state index >= 15 is 0 Å². The van der Waals surface area contributed by atoms with Gasteiger partial charge in [0, 0.05) is 10.9 Å². The van der Waals surface area contributed by atoms with Gasteiger partial charge in [0.25, 0.3) is 5.91 Å². The molecule has 1 amide bonds. The molecule has 0 aliphatic carbocycles. The number of halogens is 3. The topological polar surface area (TPSA) is 102 Å². The number of aromatic amines is 1. The predicted molar refractivity (Wildman–Crippen MR) is 159 cm³/mol. The number of aromatic nitrogens is 1. The van der Waals surface area contributed by atoms with Gasteiger partial charge in [0.05, 0.1) is 36.6 Å². The van der Waals surface area contributed by atoms with Crippen LogP contribution < -0.4 is 19.6 Å². The summed E-state index contributed by atoms with van der Waals surface area (Å²) in [7, 11) is 1.55. The largest absolute Gasteiger partial charge is 0.495 e. The minimum atomic E-state index is -4.60. The fourth-order valence-electron chi connectivity index (χ4n) is 4.60. The van der Waals surface area contributed by atoms with E-state index in [1.807, 2.05) is 42.5 Å². The van der Waals surface area contributed by atoms with Crippen LogP contribution in [0, 0.1) is 0 Å². The monoisotopic (exact) mass is 601 g/mol. The van der Waals surface area contributed by atoms with E-state index in [0.717, 1.165) is 29.1 Å². The number of para-hydroxylation sites is 1. The van der Waals surface area contributed by atoms with Gasteiger partial charge in [0.15, 0.2) is 11.5 Å². The molecular weight excluding hydrogens is 575 g/mol. The van der Waals surface area contributed by atoms with Crippen molar-refractivity contribution >= 4 is 29.0 Å². The number of esters is 1. The Bertz CT molecular complexity index is 1850. The van der Waals surface area contributed by atoms with Crippen molar-refractivity contribution in [3.63, 3.8) is 0 Å². The molecule has 2 N–H and O–H groups in total. The second-order valence-corrected chi connectivity index (χ2v) is 9.43. The molecular formula is C33H26F3N3O5. The van der Waals surface area contributed by atoms with Gasteiger partial charge in [0.1, 0.15) is 11.4 Å². The van der Waals surface area contributed by atoms with Crippen molar-refractivity contribution in [2.75, 3.05) is 13.7 Å². The zero-order chi connectivity index (χ0) is 31.3. The number of hydrogen-bond donors (Lipinski definition) is 2. The summed E-state index contributed by atoms with van der Waals surface area (Å²) >= 11 is 0. The predicted octanol–water partition coefficient (Wildman–Crippen LogP) is 7.24. The zero-order valence-electron chi connectivity index (χ0n) is 23.6. The van der Waals surface area contributed by atoms with Crippen LogP contribution in [0.25, 0.3) is 22.0 Å². The van der Waals surface area contributed by atoms with Crippen LogP contribution >= 0.6 is 0 Å². The number of carbonyl (C=O) groups excluding carboxylic acids is 2. The third kappa shape index (κ3) is 6.41. The number of carbonyl (C=O) groups is 2. The number of alkyl halides is 3. The second kappa shape index (κ2) is 12.7. The summed E-state index contributed by atoms with van der Waals surface area (Å²) in [6, 6.07) is 23.4. The summed E-state index contributed by atoms with van der Waals surface area (Å²) in [4.78, 5) is 29.1. The lowest BCUT2D eigenvalue weighted by atomic mass is 10.0. The Morgan fingerprint density at radius 1 is 0.909 bits per heavy atom. The third-order valence-corrected chi connectivity index (χ3v) is 6.58. The molecule has 8 nitrogen and oxygen atoms in total. The van der Waals surface area contributed by atoms with E-state index in [1.54, 1.807) is 26.2 Å². The molecule has 0 saturated heterocycles. The lowest BCUT2D eigenvalue weighted by molar-refractivity contribution is -0.137. The lowest BCUT2D eigenvalue weighted by Gasteiger charge is -2.12. The van der Waals surface area contributed by atoms with Crippen molar-refractivity contribution in [1.29, 1.82) is 0 Å². The van der Waals surface area contributed by atoms with Crippen molar-refractivity contribution in [2.24, 2.45) is 5.10 Å². The number of benzene rings is 4. The summed E-state index contributed by atoms with van der Waals surface area (Å²) in [5.41, 5.74) is 4.28. The van der Waals surface area contributed by atoms with E-state index in [-0.39, 0.29) is 23.7 Å². The van der Waals surface area contributed by atoms with Crippen LogP contribution in [0.5, 0.6) is 17.2 Å². The number of fused-ring (bicyclic) bond motifs is 1. The number of nitrogens with zero attached hydrogens (tertiary/aromatic N) is 1. The van der Waals surface area contributed by atoms with Crippen LogP contribution in [0.15, 0.2) is 96.1 Å². The highest BCUT2D eigenvalue weighted by Gasteiger charge is 2.31. The third-order valence-electron chi connectivity index (χ3n) is 6.58. The maximum Gasteiger partial charge on any atom is 0.416 e. The molecule has 0 spiro atoms. The maximum atomic E-state index is 13.3. The van der Waals surface area contributed by atoms with Crippen molar-refractivity contribution < 1.29 is 37.0 Å². The van der Waals surface area contributed by atoms with Crippen LogP contribution in [-0.4, -0.2) is 36.8 Å². The lowest BCUT2D eigenvalue weighted by Crippen LogP contribution is -2.19. The van der Waals surface area contributed by atoms with Crippen molar-refractivity contribution in [3.05, 3.63) is 113 Å². The molecule has 0 aliphatic heterocycles. The molecule has 0 saturated carbocycles. The van der Waals surface area contributed by atoms with Gasteiger partial charge in [-0.25, -0.2) is 10.2 Å². The van der Waals surface area contributed by atoms with E-state index in [0.29, 0.717) is 28.1 Å². The van der Waals surface area contributed by atoms with E-state index in [4.69, 9.17) is 14.2 Å². The smallest absolute Gasteiger partial charge is 0.416 e. The average Bonchev–Trinajstić information content (AvgIpc) is 3.42. The SMILES string of the molecule is CCOc1cc(C=NNC(=O)c2[nH]c3c(OC)cccc3c2-c2ccccc2)ccc1OC(=O)c1cccc(C(F)(F)F)c1. The number of hydrogen-bond acceptors (Lipinski definition) is 6. The maximum absolute atomic E-state index is 13.3. The zero-order valence-corrected chi connectivity index (χ0v) is 23.6. The van der Waals surface area contributed by atoms with Gasteiger partial charge in [-0.2, -0.15) is 18.3 Å². The fourth-order valence-corrected chi connectivity index (χ4v) is 4.60. The van der Waals surface area contributed by atoms with Gasteiger partial charge >= 0.3 is 12.1 Å². The van der Waals surface area contributed by atoms with Crippen LogP contribution in [0.1, 0.15) is 38.9 Å². The Morgan fingerprint density at radius 2 is 1.68 bits per heavy atom. The summed E-state index contributed by atoms with van der Waals surface area (Å²) in [5.74, 6) is -0.711. The first-order valence-electron chi connectivity index (χ1n) is 13.4. The number of hydrazone groups is 1. The number of methoxy groups -OCH3 is 1. The quantitative estimate of drug-likeness (QED) is 0.0803. The van der Waals surface area contributed by atoms with Crippen LogP contribution in [-0.2, 0) is 6.18 Å². The van der Waals surface area contributed by atoms with E-state index < -0.39 is 23.6 Å². The number of ether oxygens (including phenoxy) is 3. The molecule has 5 aromatic rings. The number of nitrogens with one attached hydrogen (secondary N) is 2. The van der Waals surface area contributed by atoms with Crippen molar-refractivity contribution in [1.82, 2.24) is 10.4 Å². The number of H-pyrrole nitrogens is 1. The van der Waals surface area contributed by atoms with Crippen LogP contribution in [0.4, 0.5) is 13.2 Å². The van der Waals surface area contributed by atoms with Gasteiger partial charge in [-0.05, 0) is 60.5 Å². The van der Waals surface area contributed by atoms with E-state index in [2.05, 4.69) is 15.5 Å².